The minimum absolute atomic E-state index is 0.375. The van der Waals surface area contributed by atoms with Gasteiger partial charge in [-0.3, -0.25) is 0 Å². The van der Waals surface area contributed by atoms with E-state index in [1.54, 1.807) is 6.07 Å². The maximum Gasteiger partial charge on any atom is 0.416 e. The van der Waals surface area contributed by atoms with Gasteiger partial charge in [-0.2, -0.15) is 13.2 Å². The first kappa shape index (κ1) is 13.9. The van der Waals surface area contributed by atoms with Gasteiger partial charge < -0.3 is 4.74 Å². The van der Waals surface area contributed by atoms with E-state index in [1.165, 1.54) is 12.1 Å². The molecule has 0 saturated heterocycles. The molecule has 100 valence electrons. The van der Waals surface area contributed by atoms with E-state index < -0.39 is 11.7 Å². The van der Waals surface area contributed by atoms with Gasteiger partial charge in [-0.25, -0.2) is 0 Å². The highest BCUT2D eigenvalue weighted by Crippen LogP contribution is 2.31. The Labute approximate surface area is 117 Å². The van der Waals surface area contributed by atoms with Gasteiger partial charge in [-0.15, -0.1) is 0 Å². The lowest BCUT2D eigenvalue weighted by atomic mass is 10.2. The summed E-state index contributed by atoms with van der Waals surface area (Å²) in [6.07, 6.45) is -4.32. The Balaban J connectivity index is 2.15. The maximum atomic E-state index is 12.4. The van der Waals surface area contributed by atoms with Crippen LogP contribution in [0.5, 0.6) is 11.5 Å². The molecule has 0 aliphatic carbocycles. The Morgan fingerprint density at radius 3 is 2.21 bits per heavy atom. The van der Waals surface area contributed by atoms with Crippen molar-refractivity contribution in [2.24, 2.45) is 0 Å². The molecule has 2 aromatic carbocycles. The average Bonchev–Trinajstić information content (AvgIpc) is 2.38. The first-order valence-electron chi connectivity index (χ1n) is 5.49. The summed E-state index contributed by atoms with van der Waals surface area (Å²) in [6.45, 7) is 0. The summed E-state index contributed by atoms with van der Waals surface area (Å²) in [5.41, 5.74) is 0.346. The normalized spacial score (nSPS) is 11.4. The van der Waals surface area contributed by atoms with E-state index in [2.05, 4.69) is 15.9 Å². The molecule has 0 aromatic heterocycles. The van der Waals surface area contributed by atoms with Crippen molar-refractivity contribution >= 4 is 15.9 Å². The van der Waals surface area contributed by atoms with Gasteiger partial charge in [0.05, 0.1) is 5.56 Å². The predicted molar refractivity (Wildman–Crippen MR) is 70.6 cm³/mol. The Kier molecular flexibility index (Phi) is 4.14. The molecule has 1 nitrogen and oxygen atoms in total. The summed E-state index contributed by atoms with van der Waals surface area (Å²) >= 11 is 3.33. The maximum absolute atomic E-state index is 12.4. The van der Waals surface area contributed by atoms with Crippen LogP contribution >= 0.6 is 15.9 Å². The van der Waals surface area contributed by atoms with Crippen LogP contribution in [0.4, 0.5) is 13.2 Å². The van der Waals surface area contributed by atoms with E-state index in [0.29, 0.717) is 16.8 Å². The molecule has 0 saturated carbocycles. The number of alkyl halides is 4. The molecular formula is C14H10BrF3O. The third-order valence-corrected chi connectivity index (χ3v) is 3.12. The number of hydrogen-bond acceptors (Lipinski definition) is 1. The molecule has 2 rings (SSSR count). The van der Waals surface area contributed by atoms with Crippen LogP contribution in [0.1, 0.15) is 11.1 Å². The van der Waals surface area contributed by atoms with Crippen LogP contribution in [0.15, 0.2) is 48.5 Å². The molecule has 0 unspecified atom stereocenters. The lowest BCUT2D eigenvalue weighted by Gasteiger charge is -2.09. The van der Waals surface area contributed by atoms with Gasteiger partial charge >= 0.3 is 6.18 Å². The van der Waals surface area contributed by atoms with Crippen LogP contribution in [0.25, 0.3) is 0 Å². The molecule has 0 bridgehead atoms. The molecule has 0 aliphatic rings. The minimum Gasteiger partial charge on any atom is -0.457 e. The zero-order valence-corrected chi connectivity index (χ0v) is 11.3. The fourth-order valence-electron chi connectivity index (χ4n) is 1.54. The van der Waals surface area contributed by atoms with Crippen molar-refractivity contribution < 1.29 is 17.9 Å². The Morgan fingerprint density at radius 2 is 1.63 bits per heavy atom. The summed E-state index contributed by atoms with van der Waals surface area (Å²) in [7, 11) is 0. The van der Waals surface area contributed by atoms with Gasteiger partial charge in [0.25, 0.3) is 0 Å². The lowest BCUT2D eigenvalue weighted by Crippen LogP contribution is -2.03. The topological polar surface area (TPSA) is 9.23 Å². The van der Waals surface area contributed by atoms with E-state index in [4.69, 9.17) is 4.74 Å². The molecule has 19 heavy (non-hydrogen) atoms. The van der Waals surface area contributed by atoms with Gasteiger partial charge in [0.2, 0.25) is 0 Å². The molecule has 0 amide bonds. The second-order valence-electron chi connectivity index (χ2n) is 3.91. The van der Waals surface area contributed by atoms with Crippen LogP contribution < -0.4 is 4.74 Å². The SMILES string of the molecule is FC(F)(F)c1ccc(Oc2cccc(CBr)c2)cc1. The fourth-order valence-corrected chi connectivity index (χ4v) is 1.89. The standard InChI is InChI=1S/C14H10BrF3O/c15-9-10-2-1-3-13(8-10)19-12-6-4-11(5-7-12)14(16,17)18/h1-8H,9H2. The molecule has 0 fully saturated rings. The number of benzene rings is 2. The third kappa shape index (κ3) is 3.73. The summed E-state index contributed by atoms with van der Waals surface area (Å²) < 4.78 is 42.7. The molecule has 5 heteroatoms. The van der Waals surface area contributed by atoms with Crippen LogP contribution in [0.2, 0.25) is 0 Å². The summed E-state index contributed by atoms with van der Waals surface area (Å²) in [5.74, 6) is 0.969. The van der Waals surface area contributed by atoms with Crippen molar-refractivity contribution in [2.75, 3.05) is 0 Å². The monoisotopic (exact) mass is 330 g/mol. The largest absolute Gasteiger partial charge is 0.457 e. The van der Waals surface area contributed by atoms with Crippen LogP contribution in [-0.2, 0) is 11.5 Å². The minimum atomic E-state index is -4.32. The van der Waals surface area contributed by atoms with Crippen molar-refractivity contribution in [3.8, 4) is 11.5 Å². The van der Waals surface area contributed by atoms with E-state index in [9.17, 15) is 13.2 Å². The Bertz CT molecular complexity index is 549. The molecular weight excluding hydrogens is 321 g/mol. The van der Waals surface area contributed by atoms with Crippen LogP contribution in [0.3, 0.4) is 0 Å². The quantitative estimate of drug-likeness (QED) is 0.685. The van der Waals surface area contributed by atoms with Crippen molar-refractivity contribution in [2.45, 2.75) is 11.5 Å². The van der Waals surface area contributed by atoms with Crippen LogP contribution in [-0.4, -0.2) is 0 Å². The lowest BCUT2D eigenvalue weighted by molar-refractivity contribution is -0.137. The smallest absolute Gasteiger partial charge is 0.416 e. The van der Waals surface area contributed by atoms with Gasteiger partial charge in [0, 0.05) is 5.33 Å². The van der Waals surface area contributed by atoms with Crippen molar-refractivity contribution in [3.05, 3.63) is 59.7 Å². The highest BCUT2D eigenvalue weighted by atomic mass is 79.9. The van der Waals surface area contributed by atoms with Crippen molar-refractivity contribution in [3.63, 3.8) is 0 Å². The van der Waals surface area contributed by atoms with Gasteiger partial charge in [-0.1, -0.05) is 28.1 Å². The van der Waals surface area contributed by atoms with Gasteiger partial charge in [0.15, 0.2) is 0 Å². The Hall–Kier alpha value is -1.49. The number of hydrogen-bond donors (Lipinski definition) is 0. The predicted octanol–water partition coefficient (Wildman–Crippen LogP) is 5.39. The first-order valence-corrected chi connectivity index (χ1v) is 6.61. The van der Waals surface area contributed by atoms with Crippen LogP contribution in [0, 0.1) is 0 Å². The number of rotatable bonds is 3. The summed E-state index contributed by atoms with van der Waals surface area (Å²) in [4.78, 5) is 0. The third-order valence-electron chi connectivity index (χ3n) is 2.47. The molecule has 0 atom stereocenters. The van der Waals surface area contributed by atoms with Gasteiger partial charge in [-0.05, 0) is 42.0 Å². The van der Waals surface area contributed by atoms with E-state index in [1.807, 2.05) is 18.2 Å². The average molecular weight is 331 g/mol. The number of halogens is 4. The van der Waals surface area contributed by atoms with Crippen molar-refractivity contribution in [1.29, 1.82) is 0 Å². The van der Waals surface area contributed by atoms with Crippen molar-refractivity contribution in [1.82, 2.24) is 0 Å². The molecule has 2 aromatic rings. The first-order chi connectivity index (χ1) is 8.99. The summed E-state index contributed by atoms with van der Waals surface area (Å²) in [6, 6.07) is 12.0. The molecule has 0 N–H and O–H groups in total. The molecule has 0 heterocycles. The van der Waals surface area contributed by atoms with E-state index in [0.717, 1.165) is 17.7 Å². The molecule has 0 radical (unpaired) electrons. The van der Waals surface area contributed by atoms with E-state index in [-0.39, 0.29) is 0 Å². The second-order valence-corrected chi connectivity index (χ2v) is 4.47. The second kappa shape index (κ2) is 5.65. The molecule has 0 spiro atoms. The zero-order valence-electron chi connectivity index (χ0n) is 9.75. The molecule has 0 aliphatic heterocycles. The highest BCUT2D eigenvalue weighted by molar-refractivity contribution is 9.08. The fraction of sp³-hybridized carbons (Fsp3) is 0.143. The highest BCUT2D eigenvalue weighted by Gasteiger charge is 2.30. The zero-order chi connectivity index (χ0) is 13.9. The Morgan fingerprint density at radius 1 is 0.947 bits per heavy atom. The summed E-state index contributed by atoms with van der Waals surface area (Å²) in [5, 5.41) is 0.692. The van der Waals surface area contributed by atoms with Gasteiger partial charge in [0.1, 0.15) is 11.5 Å². The number of ether oxygens (including phenoxy) is 1. The van der Waals surface area contributed by atoms with E-state index >= 15 is 0 Å².